The molecule has 4 nitrogen and oxygen atoms in total. The van der Waals surface area contributed by atoms with Crippen LogP contribution in [-0.2, 0) is 15.1 Å². The summed E-state index contributed by atoms with van der Waals surface area (Å²) in [7, 11) is 1.41. The van der Waals surface area contributed by atoms with E-state index in [1.807, 2.05) is 66.7 Å². The van der Waals surface area contributed by atoms with E-state index in [-0.39, 0.29) is 12.0 Å². The lowest BCUT2D eigenvalue weighted by Gasteiger charge is -2.31. The van der Waals surface area contributed by atoms with Gasteiger partial charge in [-0.05, 0) is 16.7 Å². The van der Waals surface area contributed by atoms with Crippen molar-refractivity contribution in [1.82, 2.24) is 4.90 Å². The lowest BCUT2D eigenvalue weighted by atomic mass is 9.89. The molecule has 4 rings (SSSR count). The Labute approximate surface area is 165 Å². The van der Waals surface area contributed by atoms with Crippen molar-refractivity contribution in [3.63, 3.8) is 0 Å². The maximum atomic E-state index is 12.8. The van der Waals surface area contributed by atoms with Gasteiger partial charge in [-0.2, -0.15) is 0 Å². The van der Waals surface area contributed by atoms with Gasteiger partial charge in [0.15, 0.2) is 0 Å². The molecule has 0 N–H and O–H groups in total. The minimum Gasteiger partial charge on any atom is -0.467 e. The zero-order chi connectivity index (χ0) is 19.4. The first kappa shape index (κ1) is 18.0. The predicted octanol–water partition coefficient (Wildman–Crippen LogP) is 4.19. The first-order valence-corrected chi connectivity index (χ1v) is 9.29. The molecule has 140 valence electrons. The number of ether oxygens (including phenoxy) is 1. The number of carbonyl (C=O) groups is 1. The quantitative estimate of drug-likeness (QED) is 0.633. The van der Waals surface area contributed by atoms with Crippen LogP contribution in [0.3, 0.4) is 0 Å². The number of carbonyl (C=O) groups excluding carboxylic acids is 1. The average molecular weight is 370 g/mol. The summed E-state index contributed by atoms with van der Waals surface area (Å²) < 4.78 is 5.15. The number of methoxy groups -OCH3 is 1. The molecule has 0 aliphatic carbocycles. The molecule has 0 spiro atoms. The standard InChI is InChI=1S/C24H22N2O2/c1-28-23(27)24(21-15-9-4-10-16-21)17-26(18-25-24)22(19-11-5-2-6-12-19)20-13-7-3-8-14-20/h2-16,18,22H,17H2,1H3/t24-/m0/s1. The summed E-state index contributed by atoms with van der Waals surface area (Å²) in [6.45, 7) is 0.415. The van der Waals surface area contributed by atoms with E-state index in [4.69, 9.17) is 4.74 Å². The van der Waals surface area contributed by atoms with Gasteiger partial charge in [-0.1, -0.05) is 91.0 Å². The Morgan fingerprint density at radius 1 is 0.893 bits per heavy atom. The van der Waals surface area contributed by atoms with Gasteiger partial charge in [-0.3, -0.25) is 4.99 Å². The molecular weight excluding hydrogens is 348 g/mol. The van der Waals surface area contributed by atoms with Crippen LogP contribution in [0.15, 0.2) is 96.0 Å². The van der Waals surface area contributed by atoms with Gasteiger partial charge in [0.05, 0.1) is 26.0 Å². The molecule has 3 aromatic rings. The smallest absolute Gasteiger partial charge is 0.340 e. The fraction of sp³-hybridized carbons (Fsp3) is 0.167. The van der Waals surface area contributed by atoms with Gasteiger partial charge >= 0.3 is 5.97 Å². The molecule has 28 heavy (non-hydrogen) atoms. The van der Waals surface area contributed by atoms with E-state index >= 15 is 0 Å². The van der Waals surface area contributed by atoms with Crippen LogP contribution in [0.2, 0.25) is 0 Å². The Hall–Kier alpha value is -3.40. The van der Waals surface area contributed by atoms with Crippen molar-refractivity contribution in [3.05, 3.63) is 108 Å². The molecule has 1 aliphatic heterocycles. The lowest BCUT2D eigenvalue weighted by molar-refractivity contribution is -0.147. The van der Waals surface area contributed by atoms with Gasteiger partial charge < -0.3 is 9.64 Å². The molecule has 0 saturated heterocycles. The van der Waals surface area contributed by atoms with Crippen LogP contribution in [0.1, 0.15) is 22.7 Å². The Morgan fingerprint density at radius 3 is 1.89 bits per heavy atom. The van der Waals surface area contributed by atoms with Crippen LogP contribution >= 0.6 is 0 Å². The minimum absolute atomic E-state index is 0.0404. The second-order valence-corrected chi connectivity index (χ2v) is 6.86. The second-order valence-electron chi connectivity index (χ2n) is 6.86. The molecular formula is C24H22N2O2. The highest BCUT2D eigenvalue weighted by Gasteiger charge is 2.47. The first-order valence-electron chi connectivity index (χ1n) is 9.29. The average Bonchev–Trinajstić information content (AvgIpc) is 3.22. The summed E-state index contributed by atoms with van der Waals surface area (Å²) in [5.41, 5.74) is 2.07. The molecule has 1 atom stereocenters. The van der Waals surface area contributed by atoms with Gasteiger partial charge in [0, 0.05) is 0 Å². The fourth-order valence-electron chi connectivity index (χ4n) is 3.81. The minimum atomic E-state index is -1.06. The van der Waals surface area contributed by atoms with Crippen LogP contribution in [0.4, 0.5) is 0 Å². The van der Waals surface area contributed by atoms with E-state index in [9.17, 15) is 4.79 Å². The molecule has 0 bridgehead atoms. The van der Waals surface area contributed by atoms with Crippen LogP contribution in [0.25, 0.3) is 0 Å². The lowest BCUT2D eigenvalue weighted by Crippen LogP contribution is -2.41. The summed E-state index contributed by atoms with van der Waals surface area (Å²) in [5.74, 6) is -0.350. The first-order chi connectivity index (χ1) is 13.7. The highest BCUT2D eigenvalue weighted by atomic mass is 16.5. The normalized spacial score (nSPS) is 18.4. The Morgan fingerprint density at radius 2 is 1.39 bits per heavy atom. The zero-order valence-electron chi connectivity index (χ0n) is 15.7. The van der Waals surface area contributed by atoms with Gasteiger partial charge in [0.1, 0.15) is 0 Å². The second kappa shape index (κ2) is 7.69. The van der Waals surface area contributed by atoms with E-state index < -0.39 is 5.54 Å². The molecule has 4 heteroatoms. The van der Waals surface area contributed by atoms with Crippen molar-refractivity contribution in [2.75, 3.05) is 13.7 Å². The molecule has 0 unspecified atom stereocenters. The molecule has 0 amide bonds. The monoisotopic (exact) mass is 370 g/mol. The van der Waals surface area contributed by atoms with Crippen LogP contribution < -0.4 is 0 Å². The topological polar surface area (TPSA) is 41.9 Å². The molecule has 1 heterocycles. The largest absolute Gasteiger partial charge is 0.467 e. The maximum absolute atomic E-state index is 12.8. The molecule has 0 saturated carbocycles. The number of benzene rings is 3. The van der Waals surface area contributed by atoms with E-state index in [0.717, 1.165) is 16.7 Å². The van der Waals surface area contributed by atoms with E-state index in [2.05, 4.69) is 34.2 Å². The van der Waals surface area contributed by atoms with Gasteiger partial charge in [0.25, 0.3) is 0 Å². The van der Waals surface area contributed by atoms with Crippen LogP contribution in [0.5, 0.6) is 0 Å². The molecule has 3 aromatic carbocycles. The number of hydrogen-bond acceptors (Lipinski definition) is 4. The van der Waals surface area contributed by atoms with Crippen molar-refractivity contribution >= 4 is 12.3 Å². The number of nitrogens with zero attached hydrogens (tertiary/aromatic N) is 2. The third-order valence-corrected chi connectivity index (χ3v) is 5.17. The predicted molar refractivity (Wildman–Crippen MR) is 110 cm³/mol. The molecule has 1 aliphatic rings. The highest BCUT2D eigenvalue weighted by molar-refractivity contribution is 5.87. The highest BCUT2D eigenvalue weighted by Crippen LogP contribution is 2.37. The summed E-state index contributed by atoms with van der Waals surface area (Å²) >= 11 is 0. The fourth-order valence-corrected chi connectivity index (χ4v) is 3.81. The molecule has 0 radical (unpaired) electrons. The Kier molecular flexibility index (Phi) is 4.94. The van der Waals surface area contributed by atoms with Gasteiger partial charge in [0.2, 0.25) is 5.54 Å². The number of aliphatic imine (C=N–C) groups is 1. The number of rotatable bonds is 5. The molecule has 0 fully saturated rings. The van der Waals surface area contributed by atoms with Gasteiger partial charge in [-0.15, -0.1) is 0 Å². The third kappa shape index (κ3) is 3.18. The SMILES string of the molecule is COC(=O)[C@@]1(c2ccccc2)CN(C(c2ccccc2)c2ccccc2)C=N1. The summed E-state index contributed by atoms with van der Waals surface area (Å²) in [6, 6.07) is 30.1. The summed E-state index contributed by atoms with van der Waals surface area (Å²) in [4.78, 5) is 19.6. The third-order valence-electron chi connectivity index (χ3n) is 5.17. The number of esters is 1. The Balaban J connectivity index is 1.76. The Bertz CT molecular complexity index is 918. The van der Waals surface area contributed by atoms with Crippen LogP contribution in [0, 0.1) is 0 Å². The van der Waals surface area contributed by atoms with Crippen LogP contribution in [-0.4, -0.2) is 30.9 Å². The summed E-state index contributed by atoms with van der Waals surface area (Å²) in [5, 5.41) is 0. The zero-order valence-corrected chi connectivity index (χ0v) is 15.7. The molecule has 0 aromatic heterocycles. The number of hydrogen-bond donors (Lipinski definition) is 0. The van der Waals surface area contributed by atoms with Crippen molar-refractivity contribution in [2.24, 2.45) is 4.99 Å². The van der Waals surface area contributed by atoms with Crippen molar-refractivity contribution in [2.45, 2.75) is 11.6 Å². The summed E-state index contributed by atoms with van der Waals surface area (Å²) in [6.07, 6.45) is 1.79. The van der Waals surface area contributed by atoms with E-state index in [0.29, 0.717) is 6.54 Å². The maximum Gasteiger partial charge on any atom is 0.340 e. The van der Waals surface area contributed by atoms with Gasteiger partial charge in [-0.25, -0.2) is 4.79 Å². The van der Waals surface area contributed by atoms with Crippen molar-refractivity contribution in [1.29, 1.82) is 0 Å². The van der Waals surface area contributed by atoms with E-state index in [1.54, 1.807) is 6.34 Å². The van der Waals surface area contributed by atoms with E-state index in [1.165, 1.54) is 7.11 Å². The van der Waals surface area contributed by atoms with Crippen molar-refractivity contribution in [3.8, 4) is 0 Å². The van der Waals surface area contributed by atoms with Crippen molar-refractivity contribution < 1.29 is 9.53 Å².